The van der Waals surface area contributed by atoms with Crippen LogP contribution in [0.3, 0.4) is 0 Å². The molecule has 1 aliphatic heterocycles. The first-order valence-corrected chi connectivity index (χ1v) is 9.47. The smallest absolute Gasteiger partial charge is 0.250 e. The zero-order valence-corrected chi connectivity index (χ0v) is 13.6. The number of rotatable bonds is 5. The van der Waals surface area contributed by atoms with Crippen LogP contribution in [0.2, 0.25) is 0 Å². The van der Waals surface area contributed by atoms with Crippen molar-refractivity contribution in [3.8, 4) is 0 Å². The van der Waals surface area contributed by atoms with Gasteiger partial charge in [-0.15, -0.1) is 11.3 Å². The van der Waals surface area contributed by atoms with E-state index in [0.717, 1.165) is 31.4 Å². The summed E-state index contributed by atoms with van der Waals surface area (Å²) in [4.78, 5) is 8.59. The largest absolute Gasteiger partial charge is 0.370 e. The maximum Gasteiger partial charge on any atom is 0.250 e. The summed E-state index contributed by atoms with van der Waals surface area (Å²) < 4.78 is 32.5. The van der Waals surface area contributed by atoms with Crippen molar-refractivity contribution in [1.29, 1.82) is 0 Å². The summed E-state index contributed by atoms with van der Waals surface area (Å²) in [6, 6.07) is 3.29. The molecule has 1 atom stereocenters. The van der Waals surface area contributed by atoms with E-state index in [0.29, 0.717) is 10.0 Å². The van der Waals surface area contributed by atoms with Crippen molar-refractivity contribution >= 4 is 21.4 Å². The minimum Gasteiger partial charge on any atom is -0.370 e. The molecule has 3 heterocycles. The third-order valence-electron chi connectivity index (χ3n) is 3.42. The van der Waals surface area contributed by atoms with E-state index < -0.39 is 10.0 Å². The first kappa shape index (κ1) is 15.5. The fraction of sp³-hybridized carbons (Fsp3) is 0.429. The molecular weight excluding hydrogens is 322 g/mol. The molecule has 1 fully saturated rings. The number of nitrogens with zero attached hydrogens (tertiary/aromatic N) is 2. The fourth-order valence-electron chi connectivity index (χ4n) is 2.23. The summed E-state index contributed by atoms with van der Waals surface area (Å²) in [5.74, 6) is 0.671. The second kappa shape index (κ2) is 6.82. The highest BCUT2D eigenvalue weighted by Gasteiger charge is 2.19. The third-order valence-corrected chi connectivity index (χ3v) is 6.22. The lowest BCUT2D eigenvalue weighted by molar-refractivity contribution is 0.00940. The van der Waals surface area contributed by atoms with Crippen LogP contribution in [-0.4, -0.2) is 25.0 Å². The second-order valence-electron chi connectivity index (χ2n) is 5.06. The first-order valence-electron chi connectivity index (χ1n) is 7.11. The predicted octanol–water partition coefficient (Wildman–Crippen LogP) is 2.26. The molecule has 8 heteroatoms. The minimum absolute atomic E-state index is 0.0365. The first-order chi connectivity index (χ1) is 10.6. The van der Waals surface area contributed by atoms with Crippen molar-refractivity contribution in [3.63, 3.8) is 0 Å². The summed E-state index contributed by atoms with van der Waals surface area (Å²) >= 11 is 1.19. The molecule has 0 amide bonds. The molecule has 118 valence electrons. The van der Waals surface area contributed by atoms with Crippen LogP contribution < -0.4 is 4.72 Å². The molecule has 0 bridgehead atoms. The Hall–Kier alpha value is -1.35. The molecule has 1 N–H and O–H groups in total. The number of sulfonamides is 1. The van der Waals surface area contributed by atoms with Crippen molar-refractivity contribution < 1.29 is 13.2 Å². The average molecular weight is 339 g/mol. The van der Waals surface area contributed by atoms with Gasteiger partial charge in [-0.1, -0.05) is 6.07 Å². The molecule has 0 unspecified atom stereocenters. The van der Waals surface area contributed by atoms with Crippen molar-refractivity contribution in [3.05, 3.63) is 41.3 Å². The summed E-state index contributed by atoms with van der Waals surface area (Å²) in [5, 5.41) is 1.73. The van der Waals surface area contributed by atoms with Crippen molar-refractivity contribution in [2.75, 3.05) is 6.61 Å². The number of aromatic nitrogens is 2. The summed E-state index contributed by atoms with van der Waals surface area (Å²) in [6.45, 7) is 0.919. The highest BCUT2D eigenvalue weighted by molar-refractivity contribution is 7.91. The zero-order chi connectivity index (χ0) is 15.4. The van der Waals surface area contributed by atoms with Gasteiger partial charge in [-0.2, -0.15) is 0 Å². The molecule has 2 aromatic rings. The Balaban J connectivity index is 1.61. The Morgan fingerprint density at radius 1 is 1.32 bits per heavy atom. The maximum absolute atomic E-state index is 12.0. The SMILES string of the molecule is O=S(=O)(NCc1cnc([C@@H]2CCCCO2)nc1)c1cccs1. The van der Waals surface area contributed by atoms with Crippen LogP contribution in [0.1, 0.15) is 36.8 Å². The molecular formula is C14H17N3O3S2. The van der Waals surface area contributed by atoms with Gasteiger partial charge < -0.3 is 4.74 Å². The van der Waals surface area contributed by atoms with Gasteiger partial charge in [-0.05, 0) is 30.7 Å². The van der Waals surface area contributed by atoms with Gasteiger partial charge in [0, 0.05) is 31.1 Å². The van der Waals surface area contributed by atoms with Gasteiger partial charge in [0.15, 0.2) is 5.82 Å². The van der Waals surface area contributed by atoms with Gasteiger partial charge in [-0.25, -0.2) is 23.1 Å². The summed E-state index contributed by atoms with van der Waals surface area (Å²) in [7, 11) is -3.46. The van der Waals surface area contributed by atoms with Crippen LogP contribution in [-0.2, 0) is 21.3 Å². The molecule has 0 radical (unpaired) electrons. The molecule has 2 aromatic heterocycles. The van der Waals surface area contributed by atoms with E-state index in [1.54, 1.807) is 29.9 Å². The number of ether oxygens (including phenoxy) is 1. The van der Waals surface area contributed by atoms with Crippen LogP contribution in [0.5, 0.6) is 0 Å². The van der Waals surface area contributed by atoms with Crippen LogP contribution in [0, 0.1) is 0 Å². The Morgan fingerprint density at radius 3 is 2.77 bits per heavy atom. The number of nitrogens with one attached hydrogen (secondary N) is 1. The van der Waals surface area contributed by atoms with E-state index in [1.165, 1.54) is 11.3 Å². The van der Waals surface area contributed by atoms with E-state index in [4.69, 9.17) is 4.74 Å². The minimum atomic E-state index is -3.46. The van der Waals surface area contributed by atoms with Crippen molar-refractivity contribution in [2.24, 2.45) is 0 Å². The molecule has 0 spiro atoms. The number of thiophene rings is 1. The Kier molecular flexibility index (Phi) is 4.82. The fourth-order valence-corrected chi connectivity index (χ4v) is 4.29. The van der Waals surface area contributed by atoms with Gasteiger partial charge in [0.25, 0.3) is 0 Å². The normalized spacial score (nSPS) is 19.2. The van der Waals surface area contributed by atoms with E-state index in [1.807, 2.05) is 0 Å². The topological polar surface area (TPSA) is 81.2 Å². The standard InChI is InChI=1S/C14H17N3O3S2/c18-22(19,13-5-3-7-21-13)17-10-11-8-15-14(16-9-11)12-4-1-2-6-20-12/h3,5,7-9,12,17H,1-2,4,6,10H2/t12-/m0/s1. The summed E-state index contributed by atoms with van der Waals surface area (Å²) in [6.07, 6.45) is 6.40. The van der Waals surface area contributed by atoms with E-state index in [2.05, 4.69) is 14.7 Å². The zero-order valence-electron chi connectivity index (χ0n) is 11.9. The number of hydrogen-bond acceptors (Lipinski definition) is 6. The van der Waals surface area contributed by atoms with Gasteiger partial charge in [0.1, 0.15) is 10.3 Å². The average Bonchev–Trinajstić information content (AvgIpc) is 3.10. The predicted molar refractivity (Wildman–Crippen MR) is 82.9 cm³/mol. The molecule has 0 saturated carbocycles. The molecule has 22 heavy (non-hydrogen) atoms. The van der Waals surface area contributed by atoms with Crippen LogP contribution in [0.4, 0.5) is 0 Å². The quantitative estimate of drug-likeness (QED) is 0.903. The monoisotopic (exact) mass is 339 g/mol. The van der Waals surface area contributed by atoms with Crippen molar-refractivity contribution in [1.82, 2.24) is 14.7 Å². The third kappa shape index (κ3) is 3.70. The highest BCUT2D eigenvalue weighted by Crippen LogP contribution is 2.24. The van der Waals surface area contributed by atoms with Crippen molar-refractivity contribution in [2.45, 2.75) is 36.1 Å². The highest BCUT2D eigenvalue weighted by atomic mass is 32.2. The molecule has 1 aliphatic rings. The molecule has 0 aliphatic carbocycles. The lowest BCUT2D eigenvalue weighted by Crippen LogP contribution is -2.22. The lowest BCUT2D eigenvalue weighted by atomic mass is 10.1. The second-order valence-corrected chi connectivity index (χ2v) is 8.00. The number of hydrogen-bond donors (Lipinski definition) is 1. The van der Waals surface area contributed by atoms with Gasteiger partial charge >= 0.3 is 0 Å². The Morgan fingerprint density at radius 2 is 2.14 bits per heavy atom. The van der Waals surface area contributed by atoms with E-state index in [9.17, 15) is 8.42 Å². The van der Waals surface area contributed by atoms with Gasteiger partial charge in [0.05, 0.1) is 0 Å². The molecule has 6 nitrogen and oxygen atoms in total. The Bertz CT molecular complexity index is 693. The molecule has 1 saturated heterocycles. The summed E-state index contributed by atoms with van der Waals surface area (Å²) in [5.41, 5.74) is 0.722. The lowest BCUT2D eigenvalue weighted by Gasteiger charge is -2.21. The van der Waals surface area contributed by atoms with Gasteiger partial charge in [0.2, 0.25) is 10.0 Å². The van der Waals surface area contributed by atoms with Crippen LogP contribution >= 0.6 is 11.3 Å². The van der Waals surface area contributed by atoms with Gasteiger partial charge in [-0.3, -0.25) is 0 Å². The molecule has 0 aromatic carbocycles. The van der Waals surface area contributed by atoms with Crippen LogP contribution in [0.15, 0.2) is 34.1 Å². The Labute approximate surface area is 133 Å². The maximum atomic E-state index is 12.0. The molecule has 3 rings (SSSR count). The van der Waals surface area contributed by atoms with E-state index in [-0.39, 0.29) is 12.6 Å². The van der Waals surface area contributed by atoms with Crippen LogP contribution in [0.25, 0.3) is 0 Å². The van der Waals surface area contributed by atoms with E-state index >= 15 is 0 Å².